The highest BCUT2D eigenvalue weighted by Gasteiger charge is 2.64. The van der Waals surface area contributed by atoms with Gasteiger partial charge in [0.05, 0.1) is 10.8 Å². The largest absolute Gasteiger partial charge is 0.480 e. The molecule has 8 atom stereocenters. The van der Waals surface area contributed by atoms with E-state index in [9.17, 15) is 58.1 Å². The van der Waals surface area contributed by atoms with Gasteiger partial charge in [0.25, 0.3) is 22.8 Å². The predicted octanol–water partition coefficient (Wildman–Crippen LogP) is -1.07. The summed E-state index contributed by atoms with van der Waals surface area (Å²) >= 11 is 0. The summed E-state index contributed by atoms with van der Waals surface area (Å²) in [6.45, 7) is 6.67. The Morgan fingerprint density at radius 2 is 1.12 bits per heavy atom. The monoisotopic (exact) mass is 860 g/mol. The van der Waals surface area contributed by atoms with Crippen LogP contribution in [-0.2, 0) is 46.7 Å². The third-order valence-corrected chi connectivity index (χ3v) is 9.70. The van der Waals surface area contributed by atoms with Gasteiger partial charge < -0.3 is 44.5 Å². The SMILES string of the molecule is CC(C)(C)C(=O)OCOP(=O)(OCOC(=O)C(C)(C)C)OC[C@@]1(F)OC(n2ccc(=O)[nH]c2=O)[C@](C)(O)[C@@H]1O.C[C@]1(O)C(n2ccc(=O)[nH]c2=O)O[C@](F)(CO)[C@H]1O. The maximum absolute atomic E-state index is 15.7. The number of aliphatic hydroxyl groups is 5. The van der Waals surface area contributed by atoms with Crippen molar-refractivity contribution in [3.05, 3.63) is 66.2 Å². The van der Waals surface area contributed by atoms with Crippen LogP contribution in [0.5, 0.6) is 0 Å². The van der Waals surface area contributed by atoms with E-state index in [4.69, 9.17) is 37.6 Å². The van der Waals surface area contributed by atoms with Gasteiger partial charge in [-0.1, -0.05) is 0 Å². The summed E-state index contributed by atoms with van der Waals surface area (Å²) in [7, 11) is -4.89. The quantitative estimate of drug-likeness (QED) is 0.0759. The average Bonchev–Trinajstić information content (AvgIpc) is 3.40. The fraction of sp³-hybridized carbons (Fsp3) is 0.688. The molecule has 2 saturated heterocycles. The first-order valence-corrected chi connectivity index (χ1v) is 18.5. The van der Waals surface area contributed by atoms with Crippen LogP contribution in [0.2, 0.25) is 0 Å². The molecule has 23 nitrogen and oxygen atoms in total. The van der Waals surface area contributed by atoms with E-state index in [0.717, 1.165) is 42.9 Å². The Hall–Kier alpha value is -4.01. The molecule has 0 saturated carbocycles. The van der Waals surface area contributed by atoms with Gasteiger partial charge in [0.1, 0.15) is 36.6 Å². The van der Waals surface area contributed by atoms with Gasteiger partial charge in [-0.25, -0.2) is 32.0 Å². The number of rotatable bonds is 12. The maximum atomic E-state index is 15.7. The van der Waals surface area contributed by atoms with E-state index in [0.29, 0.717) is 4.57 Å². The van der Waals surface area contributed by atoms with Crippen molar-refractivity contribution in [2.75, 3.05) is 26.8 Å². The third-order valence-electron chi connectivity index (χ3n) is 8.41. The molecule has 58 heavy (non-hydrogen) atoms. The summed E-state index contributed by atoms with van der Waals surface area (Å²) in [5, 5.41) is 49.8. The second-order valence-corrected chi connectivity index (χ2v) is 17.2. The van der Waals surface area contributed by atoms with Crippen molar-refractivity contribution < 1.29 is 81.0 Å². The third kappa shape index (κ3) is 10.8. The maximum Gasteiger partial charge on any atom is 0.480 e. The number of nitrogens with zero attached hydrogens (tertiary/aromatic N) is 2. The molecule has 2 fully saturated rings. The summed E-state index contributed by atoms with van der Waals surface area (Å²) in [4.78, 5) is 73.8. The summed E-state index contributed by atoms with van der Waals surface area (Å²) in [5.41, 5.74) is -10.0. The van der Waals surface area contributed by atoms with E-state index in [1.807, 2.05) is 9.97 Å². The van der Waals surface area contributed by atoms with Crippen LogP contribution < -0.4 is 22.5 Å². The Bertz CT molecular complexity index is 2050. The molecule has 4 heterocycles. The second kappa shape index (κ2) is 17.3. The van der Waals surface area contributed by atoms with Crippen LogP contribution in [0.1, 0.15) is 67.8 Å². The predicted molar refractivity (Wildman–Crippen MR) is 187 cm³/mol. The van der Waals surface area contributed by atoms with Crippen molar-refractivity contribution in [1.82, 2.24) is 19.1 Å². The molecule has 26 heteroatoms. The minimum atomic E-state index is -4.89. The van der Waals surface area contributed by atoms with Gasteiger partial charge in [0, 0.05) is 24.5 Å². The zero-order valence-electron chi connectivity index (χ0n) is 32.5. The topological polar surface area (TPSA) is 327 Å². The smallest absolute Gasteiger partial charge is 0.437 e. The lowest BCUT2D eigenvalue weighted by Gasteiger charge is -2.28. The number of aliphatic hydroxyl groups excluding tert-OH is 3. The molecule has 0 aromatic carbocycles. The van der Waals surface area contributed by atoms with Crippen LogP contribution in [0.25, 0.3) is 0 Å². The summed E-state index contributed by atoms with van der Waals surface area (Å²) in [6.07, 6.45) is -6.01. The molecule has 2 aromatic heterocycles. The lowest BCUT2D eigenvalue weighted by atomic mass is 9.95. The van der Waals surface area contributed by atoms with Crippen LogP contribution >= 0.6 is 7.82 Å². The number of phosphoric ester groups is 1. The number of hydrogen-bond donors (Lipinski definition) is 7. The number of esters is 2. The molecular formula is C32H47F2N4O19P. The van der Waals surface area contributed by atoms with Gasteiger partial charge in [-0.2, -0.15) is 0 Å². The molecule has 0 amide bonds. The van der Waals surface area contributed by atoms with Crippen LogP contribution in [-0.4, -0.2) is 118 Å². The molecule has 2 aromatic rings. The Morgan fingerprint density at radius 1 is 0.759 bits per heavy atom. The molecule has 0 aliphatic carbocycles. The highest BCUT2D eigenvalue weighted by molar-refractivity contribution is 7.48. The minimum Gasteiger partial charge on any atom is -0.437 e. The number of hydrogen-bond acceptors (Lipinski definition) is 19. The normalized spacial score (nSPS) is 30.1. The van der Waals surface area contributed by atoms with Crippen molar-refractivity contribution in [2.45, 2.75) is 103 Å². The number of alkyl halides is 2. The molecule has 0 radical (unpaired) electrons. The second-order valence-electron chi connectivity index (χ2n) is 15.5. The Kier molecular flexibility index (Phi) is 14.4. The molecule has 0 spiro atoms. The molecule has 4 rings (SSSR count). The van der Waals surface area contributed by atoms with Crippen LogP contribution in [0, 0.1) is 10.8 Å². The molecule has 7 N–H and O–H groups in total. The summed E-state index contributed by atoms with van der Waals surface area (Å²) < 4.78 is 78.6. The van der Waals surface area contributed by atoms with Crippen LogP contribution in [0.15, 0.2) is 43.7 Å². The number of aromatic nitrogens is 4. The minimum absolute atomic E-state index is 0.621. The fourth-order valence-corrected chi connectivity index (χ4v) is 5.94. The number of halogens is 2. The molecular weight excluding hydrogens is 813 g/mol. The summed E-state index contributed by atoms with van der Waals surface area (Å²) in [6, 6.07) is 1.87. The van der Waals surface area contributed by atoms with E-state index in [1.165, 1.54) is 41.5 Å². The first kappa shape index (κ1) is 48.4. The first-order valence-electron chi connectivity index (χ1n) is 17.0. The highest BCUT2D eigenvalue weighted by Crippen LogP contribution is 2.53. The Balaban J connectivity index is 0.000000393. The molecule has 0 bridgehead atoms. The zero-order valence-corrected chi connectivity index (χ0v) is 33.4. The Labute approximate surface area is 326 Å². The summed E-state index contributed by atoms with van der Waals surface area (Å²) in [5.74, 6) is -7.72. The number of H-pyrrole nitrogens is 2. The van der Waals surface area contributed by atoms with Gasteiger partial charge in [-0.3, -0.25) is 42.8 Å². The number of nitrogens with one attached hydrogen (secondary N) is 2. The number of aromatic amines is 2. The van der Waals surface area contributed by atoms with E-state index >= 15 is 4.39 Å². The van der Waals surface area contributed by atoms with Gasteiger partial charge in [0.2, 0.25) is 13.6 Å². The van der Waals surface area contributed by atoms with Crippen LogP contribution in [0.3, 0.4) is 0 Å². The number of carbonyl (C=O) groups is 2. The first-order chi connectivity index (χ1) is 26.3. The average molecular weight is 861 g/mol. The standard InChI is InChI=1S/C22H34FN2O13P.C10H13FN2O6/c1-19(2,3)16(28)33-11-36-39(32,37-12-34-17(29)20(4,5)6)35-10-22(23)14(27)21(7,31)15(38-22)25-9-8-13(26)24-18(25)30;1-9(18)6(16)10(11,4-14)19-7(9)13-3-2-5(15)12-8(13)17/h8-9,14-15,27,31H,10-12H2,1-7H3,(H,24,26,30);2-3,6-7,14,16,18H,4H2,1H3,(H,12,15,17)/t14-,15?,21+,22+;6-,7?,9+,10+/m00/s1. The lowest BCUT2D eigenvalue weighted by Crippen LogP contribution is -2.50. The van der Waals surface area contributed by atoms with Crippen molar-refractivity contribution in [3.8, 4) is 0 Å². The van der Waals surface area contributed by atoms with E-state index in [1.54, 1.807) is 0 Å². The number of ether oxygens (including phenoxy) is 4. The zero-order chi connectivity index (χ0) is 44.4. The van der Waals surface area contributed by atoms with E-state index < -0.39 is 127 Å². The van der Waals surface area contributed by atoms with E-state index in [-0.39, 0.29) is 0 Å². The van der Waals surface area contributed by atoms with Crippen molar-refractivity contribution in [2.24, 2.45) is 10.8 Å². The Morgan fingerprint density at radius 3 is 1.45 bits per heavy atom. The number of phosphoric acid groups is 1. The molecule has 2 aliphatic heterocycles. The van der Waals surface area contributed by atoms with Crippen LogP contribution in [0.4, 0.5) is 8.78 Å². The lowest BCUT2D eigenvalue weighted by molar-refractivity contribution is -0.207. The van der Waals surface area contributed by atoms with Gasteiger partial charge in [-0.15, -0.1) is 0 Å². The molecule has 2 unspecified atom stereocenters. The van der Waals surface area contributed by atoms with Crippen molar-refractivity contribution in [1.29, 1.82) is 0 Å². The fourth-order valence-electron chi connectivity index (χ4n) is 5.02. The van der Waals surface area contributed by atoms with Gasteiger partial charge >= 0.3 is 31.1 Å². The van der Waals surface area contributed by atoms with Crippen molar-refractivity contribution in [3.63, 3.8) is 0 Å². The van der Waals surface area contributed by atoms with Crippen molar-refractivity contribution >= 4 is 19.8 Å². The molecule has 2 aliphatic rings. The van der Waals surface area contributed by atoms with Gasteiger partial charge in [-0.05, 0) is 55.4 Å². The van der Waals surface area contributed by atoms with E-state index in [2.05, 4.69) is 0 Å². The highest BCUT2D eigenvalue weighted by atomic mass is 31.2. The van der Waals surface area contributed by atoms with Gasteiger partial charge in [0.15, 0.2) is 12.5 Å². The number of carbonyl (C=O) groups excluding carboxylic acids is 2. The molecule has 328 valence electrons.